The number of carbonyl (C=O) groups excluding carboxylic acids is 1. The number of likely N-dealkylation sites (N-methyl/N-ethyl adjacent to an activating group) is 1. The predicted molar refractivity (Wildman–Crippen MR) is 172 cm³/mol. The Hall–Kier alpha value is -4.04. The van der Waals surface area contributed by atoms with Crippen LogP contribution >= 0.6 is 11.6 Å². The van der Waals surface area contributed by atoms with Crippen molar-refractivity contribution in [1.29, 1.82) is 0 Å². The zero-order valence-corrected chi connectivity index (χ0v) is 27.0. The van der Waals surface area contributed by atoms with E-state index in [1.165, 1.54) is 13.2 Å². The Balaban J connectivity index is 1.45. The smallest absolute Gasteiger partial charge is 0.416 e. The summed E-state index contributed by atoms with van der Waals surface area (Å²) in [5, 5.41) is 7.71. The molecule has 5 rings (SSSR count). The van der Waals surface area contributed by atoms with E-state index in [1.54, 1.807) is 63.0 Å². The molecule has 1 aromatic heterocycles. The van der Waals surface area contributed by atoms with Crippen LogP contribution < -0.4 is 30.5 Å². The number of piperazine rings is 1. The fourth-order valence-electron chi connectivity index (χ4n) is 6.04. The van der Waals surface area contributed by atoms with Crippen LogP contribution in [0.25, 0.3) is 5.70 Å². The van der Waals surface area contributed by atoms with Crippen molar-refractivity contribution in [2.75, 3.05) is 58.8 Å². The molecule has 0 saturated carbocycles. The van der Waals surface area contributed by atoms with Gasteiger partial charge in [0, 0.05) is 74.9 Å². The number of likely N-dealkylation sites (tertiary alicyclic amines) is 2. The quantitative estimate of drug-likeness (QED) is 0.244. The van der Waals surface area contributed by atoms with E-state index in [0.29, 0.717) is 33.8 Å². The summed E-state index contributed by atoms with van der Waals surface area (Å²) in [4.78, 5) is 22.2. The third-order valence-electron chi connectivity index (χ3n) is 8.44. The lowest BCUT2D eigenvalue weighted by atomic mass is 10.0. The second-order valence-electron chi connectivity index (χ2n) is 11.2. The van der Waals surface area contributed by atoms with E-state index in [2.05, 4.69) is 37.9 Å². The van der Waals surface area contributed by atoms with Crippen LogP contribution in [0.3, 0.4) is 0 Å². The van der Waals surface area contributed by atoms with Gasteiger partial charge < -0.3 is 25.0 Å². The Kier molecular flexibility index (Phi) is 9.96. The van der Waals surface area contributed by atoms with E-state index in [1.807, 2.05) is 0 Å². The zero-order chi connectivity index (χ0) is 33.2. The van der Waals surface area contributed by atoms with Crippen molar-refractivity contribution < 1.29 is 27.4 Å². The monoisotopic (exact) mass is 659 g/mol. The second kappa shape index (κ2) is 13.8. The first-order valence-corrected chi connectivity index (χ1v) is 15.0. The molecule has 246 valence electrons. The number of hydrogen-bond donors (Lipinski definition) is 3. The number of ether oxygens (including phenoxy) is 2. The first-order chi connectivity index (χ1) is 21.9. The molecule has 2 fully saturated rings. The molecular formula is C32H37ClF3N7O3. The van der Waals surface area contributed by atoms with Gasteiger partial charge in [0.2, 0.25) is 0 Å². The van der Waals surface area contributed by atoms with Gasteiger partial charge in [-0.25, -0.2) is 5.43 Å². The molecule has 2 aromatic carbocycles. The van der Waals surface area contributed by atoms with Gasteiger partial charge in [0.15, 0.2) is 0 Å². The summed E-state index contributed by atoms with van der Waals surface area (Å²) in [5.41, 5.74) is 4.44. The summed E-state index contributed by atoms with van der Waals surface area (Å²) in [5.74, 6) is 0.131. The number of hydrazine groups is 1. The highest BCUT2D eigenvalue weighted by molar-refractivity contribution is 6.33. The van der Waals surface area contributed by atoms with Crippen LogP contribution in [0.15, 0.2) is 55.0 Å². The fourth-order valence-corrected chi connectivity index (χ4v) is 6.25. The number of benzene rings is 2. The summed E-state index contributed by atoms with van der Waals surface area (Å²) < 4.78 is 53.1. The Morgan fingerprint density at radius 3 is 2.48 bits per heavy atom. The van der Waals surface area contributed by atoms with Crippen molar-refractivity contribution in [3.8, 4) is 11.5 Å². The van der Waals surface area contributed by atoms with Crippen molar-refractivity contribution in [3.63, 3.8) is 0 Å². The third-order valence-corrected chi connectivity index (χ3v) is 8.76. The molecule has 46 heavy (non-hydrogen) atoms. The number of methoxy groups -OCH3 is 2. The number of amides is 1. The number of nitrogens with zero attached hydrogens (tertiary/aromatic N) is 4. The molecule has 14 heteroatoms. The molecule has 0 spiro atoms. The largest absolute Gasteiger partial charge is 0.495 e. The van der Waals surface area contributed by atoms with E-state index in [-0.39, 0.29) is 29.6 Å². The molecule has 0 aliphatic carbocycles. The molecule has 2 atom stereocenters. The molecule has 2 aliphatic heterocycles. The third kappa shape index (κ3) is 7.02. The summed E-state index contributed by atoms with van der Waals surface area (Å²) in [6.45, 7) is 1.89. The van der Waals surface area contributed by atoms with Crippen molar-refractivity contribution in [2.45, 2.75) is 31.2 Å². The minimum absolute atomic E-state index is 0.0661. The van der Waals surface area contributed by atoms with Gasteiger partial charge in [-0.3, -0.25) is 19.7 Å². The lowest BCUT2D eigenvalue weighted by Gasteiger charge is -2.32. The van der Waals surface area contributed by atoms with Crippen molar-refractivity contribution in [2.24, 2.45) is 0 Å². The maximum absolute atomic E-state index is 14.1. The maximum Gasteiger partial charge on any atom is 0.416 e. The highest BCUT2D eigenvalue weighted by Crippen LogP contribution is 2.40. The van der Waals surface area contributed by atoms with Gasteiger partial charge in [0.1, 0.15) is 11.5 Å². The summed E-state index contributed by atoms with van der Waals surface area (Å²) in [6, 6.07) is 9.05. The Bertz CT molecular complexity index is 1620. The average molecular weight is 660 g/mol. The van der Waals surface area contributed by atoms with Crippen LogP contribution in [-0.2, 0) is 12.7 Å². The number of alkyl halides is 3. The highest BCUT2D eigenvalue weighted by atomic mass is 35.5. The van der Waals surface area contributed by atoms with Crippen LogP contribution in [0.2, 0.25) is 5.02 Å². The number of rotatable bonds is 11. The summed E-state index contributed by atoms with van der Waals surface area (Å²) >= 11 is 6.56. The molecule has 3 heterocycles. The molecule has 2 unspecified atom stereocenters. The van der Waals surface area contributed by atoms with Crippen LogP contribution in [0.5, 0.6) is 11.5 Å². The molecule has 1 amide bonds. The van der Waals surface area contributed by atoms with Crippen LogP contribution in [0.1, 0.15) is 33.5 Å². The van der Waals surface area contributed by atoms with Crippen LogP contribution in [0, 0.1) is 0 Å². The number of nitrogens with one attached hydrogen (secondary N) is 3. The number of fused-ring (bicyclic) bond motifs is 2. The van der Waals surface area contributed by atoms with E-state index in [0.717, 1.165) is 37.2 Å². The number of pyridine rings is 1. The Morgan fingerprint density at radius 2 is 1.87 bits per heavy atom. The number of hydrogen-bond acceptors (Lipinski definition) is 9. The van der Waals surface area contributed by atoms with Crippen molar-refractivity contribution in [3.05, 3.63) is 82.3 Å². The standard InChI is InChI=1S/C32H37ClF3N7O3/c1-37-28(20-9-25(45-4)14-39-13-20)18-43(38-2)29-10-19(6-7-26(29)33)31(44)40-27-11-22(32(34,35)36)8-21(30(27)46-5)15-42-17-23-12-24(42)16-41(23)3/h6-11,13-14,18,23-24,37-38H,12,15-17H2,1-5H3,(H,40,44)/b28-18-. The van der Waals surface area contributed by atoms with Gasteiger partial charge >= 0.3 is 6.18 Å². The molecule has 3 aromatic rings. The molecule has 3 N–H and O–H groups in total. The fraction of sp³-hybridized carbons (Fsp3) is 0.375. The lowest BCUT2D eigenvalue weighted by molar-refractivity contribution is -0.137. The minimum atomic E-state index is -4.62. The maximum atomic E-state index is 14.1. The number of aromatic nitrogens is 1. The lowest BCUT2D eigenvalue weighted by Crippen LogP contribution is -2.44. The topological polar surface area (TPSA) is 94.2 Å². The van der Waals surface area contributed by atoms with E-state index in [4.69, 9.17) is 21.1 Å². The molecule has 2 bridgehead atoms. The summed E-state index contributed by atoms with van der Waals surface area (Å²) in [6.07, 6.45) is 1.33. The summed E-state index contributed by atoms with van der Waals surface area (Å²) in [7, 11) is 8.42. The van der Waals surface area contributed by atoms with Crippen LogP contribution in [0.4, 0.5) is 24.5 Å². The number of carbonyl (C=O) groups is 1. The molecule has 0 radical (unpaired) electrons. The Morgan fingerprint density at radius 1 is 1.09 bits per heavy atom. The van der Waals surface area contributed by atoms with Crippen LogP contribution in [-0.4, -0.2) is 81.2 Å². The molecule has 10 nitrogen and oxygen atoms in total. The predicted octanol–water partition coefficient (Wildman–Crippen LogP) is 5.07. The van der Waals surface area contributed by atoms with E-state index >= 15 is 0 Å². The van der Waals surface area contributed by atoms with Crippen molar-refractivity contribution >= 4 is 34.6 Å². The van der Waals surface area contributed by atoms with Gasteiger partial charge in [-0.15, -0.1) is 0 Å². The van der Waals surface area contributed by atoms with Crippen molar-refractivity contribution in [1.82, 2.24) is 25.5 Å². The first-order valence-electron chi connectivity index (χ1n) is 14.6. The average Bonchev–Trinajstić information content (AvgIpc) is 3.60. The van der Waals surface area contributed by atoms with Gasteiger partial charge in [0.25, 0.3) is 5.91 Å². The zero-order valence-electron chi connectivity index (χ0n) is 26.2. The van der Waals surface area contributed by atoms with Gasteiger partial charge in [-0.1, -0.05) is 11.6 Å². The minimum Gasteiger partial charge on any atom is -0.495 e. The number of halogens is 4. The second-order valence-corrected chi connectivity index (χ2v) is 11.7. The Labute approximate surface area is 271 Å². The van der Waals surface area contributed by atoms with Gasteiger partial charge in [0.05, 0.1) is 48.1 Å². The molecular weight excluding hydrogens is 623 g/mol. The SMILES string of the molecule is CN/C(=C\N(NC)c1cc(C(=O)Nc2cc(C(F)(F)F)cc(CN3CC4CC3CN4C)c2OC)ccc1Cl)c1cncc(OC)c1. The van der Waals surface area contributed by atoms with Gasteiger partial charge in [-0.05, 0) is 49.9 Å². The molecule has 2 saturated heterocycles. The van der Waals surface area contributed by atoms with E-state index in [9.17, 15) is 18.0 Å². The first kappa shape index (κ1) is 33.3. The normalized spacial score (nSPS) is 18.5. The molecule has 2 aliphatic rings. The highest BCUT2D eigenvalue weighted by Gasteiger charge is 2.42. The van der Waals surface area contributed by atoms with E-state index < -0.39 is 17.6 Å². The van der Waals surface area contributed by atoms with Gasteiger partial charge in [-0.2, -0.15) is 13.2 Å². The number of anilines is 2.